The van der Waals surface area contributed by atoms with E-state index in [1.807, 2.05) is 12.1 Å². The summed E-state index contributed by atoms with van der Waals surface area (Å²) in [5.41, 5.74) is 3.36. The smallest absolute Gasteiger partial charge is 0.238 e. The molecule has 1 amide bonds. The van der Waals surface area contributed by atoms with Gasteiger partial charge in [0.05, 0.1) is 17.5 Å². The Balaban J connectivity index is 1.30. The van der Waals surface area contributed by atoms with Gasteiger partial charge in [0.15, 0.2) is 0 Å². The Morgan fingerprint density at radius 2 is 1.35 bits per heavy atom. The Morgan fingerprint density at radius 3 is 1.85 bits per heavy atom. The van der Waals surface area contributed by atoms with E-state index in [0.717, 1.165) is 31.7 Å². The normalized spacial score (nSPS) is 15.4. The number of carbonyl (C=O) groups excluding carboxylic acids is 1. The highest BCUT2D eigenvalue weighted by molar-refractivity contribution is 7.89. The lowest BCUT2D eigenvalue weighted by molar-refractivity contribution is -0.122. The van der Waals surface area contributed by atoms with Gasteiger partial charge in [-0.3, -0.25) is 14.6 Å². The number of rotatable bonds is 8. The molecule has 0 saturated carbocycles. The van der Waals surface area contributed by atoms with Crippen LogP contribution in [0.25, 0.3) is 0 Å². The van der Waals surface area contributed by atoms with E-state index in [1.54, 1.807) is 12.1 Å². The van der Waals surface area contributed by atoms with Gasteiger partial charge >= 0.3 is 0 Å². The van der Waals surface area contributed by atoms with Crippen molar-refractivity contribution in [2.45, 2.75) is 17.5 Å². The van der Waals surface area contributed by atoms with Crippen LogP contribution in [0.5, 0.6) is 0 Å². The van der Waals surface area contributed by atoms with Crippen molar-refractivity contribution in [1.82, 2.24) is 15.1 Å². The Bertz CT molecular complexity index is 1140. The van der Waals surface area contributed by atoms with Crippen molar-refractivity contribution in [3.63, 3.8) is 0 Å². The third kappa shape index (κ3) is 6.30. The van der Waals surface area contributed by atoms with Gasteiger partial charge in [0, 0.05) is 32.7 Å². The first kappa shape index (κ1) is 24.1. The molecule has 0 aromatic heterocycles. The standard InChI is InChI=1S/C26H30N4O3S/c27-34(32,33)24-13-11-21(12-14-24)19-28-25(31)20-29-15-17-30(18-16-29)26(22-7-3-1-4-8-22)23-9-5-2-6-10-23/h1-14,26H,15-20H2,(H,28,31)(H2,27,32,33). The van der Waals surface area contributed by atoms with E-state index in [2.05, 4.69) is 63.6 Å². The molecule has 1 fully saturated rings. The number of carbonyl (C=O) groups is 1. The van der Waals surface area contributed by atoms with Gasteiger partial charge in [-0.15, -0.1) is 0 Å². The average molecular weight is 479 g/mol. The maximum Gasteiger partial charge on any atom is 0.238 e. The van der Waals surface area contributed by atoms with Gasteiger partial charge in [-0.1, -0.05) is 72.8 Å². The molecule has 1 aliphatic heterocycles. The molecule has 0 aliphatic carbocycles. The molecule has 1 heterocycles. The van der Waals surface area contributed by atoms with Crippen molar-refractivity contribution in [3.05, 3.63) is 102 Å². The molecule has 0 unspecified atom stereocenters. The molecule has 0 bridgehead atoms. The number of primary sulfonamides is 1. The molecule has 0 radical (unpaired) electrons. The predicted octanol–water partition coefficient (Wildman–Crippen LogP) is 2.36. The molecule has 7 nitrogen and oxygen atoms in total. The summed E-state index contributed by atoms with van der Waals surface area (Å²) in [5.74, 6) is -0.0494. The van der Waals surface area contributed by atoms with E-state index in [4.69, 9.17) is 5.14 Å². The maximum absolute atomic E-state index is 12.5. The third-order valence-corrected chi connectivity index (χ3v) is 7.04. The highest BCUT2D eigenvalue weighted by Crippen LogP contribution is 2.29. The summed E-state index contributed by atoms with van der Waals surface area (Å²) >= 11 is 0. The molecule has 1 saturated heterocycles. The fourth-order valence-corrected chi connectivity index (χ4v) is 4.84. The molecule has 8 heteroatoms. The summed E-state index contributed by atoms with van der Waals surface area (Å²) in [5, 5.41) is 8.04. The summed E-state index contributed by atoms with van der Waals surface area (Å²) in [6, 6.07) is 27.5. The Labute approximate surface area is 201 Å². The summed E-state index contributed by atoms with van der Waals surface area (Å²) in [7, 11) is -3.71. The molecule has 178 valence electrons. The highest BCUT2D eigenvalue weighted by Gasteiger charge is 2.27. The van der Waals surface area contributed by atoms with E-state index in [1.165, 1.54) is 23.3 Å². The number of hydrogen-bond donors (Lipinski definition) is 2. The van der Waals surface area contributed by atoms with Crippen LogP contribution >= 0.6 is 0 Å². The van der Waals surface area contributed by atoms with E-state index in [0.29, 0.717) is 13.1 Å². The van der Waals surface area contributed by atoms with Gasteiger partial charge in [0.25, 0.3) is 0 Å². The molecular formula is C26H30N4O3S. The zero-order valence-corrected chi connectivity index (χ0v) is 19.8. The summed E-state index contributed by atoms with van der Waals surface area (Å²) in [6.07, 6.45) is 0. The molecule has 0 spiro atoms. The first-order chi connectivity index (χ1) is 16.4. The van der Waals surface area contributed by atoms with Crippen molar-refractivity contribution >= 4 is 15.9 Å². The second kappa shape index (κ2) is 10.9. The molecular weight excluding hydrogens is 448 g/mol. The van der Waals surface area contributed by atoms with Crippen LogP contribution in [0.3, 0.4) is 0 Å². The zero-order chi connectivity index (χ0) is 24.0. The number of nitrogens with two attached hydrogens (primary N) is 1. The van der Waals surface area contributed by atoms with Crippen molar-refractivity contribution < 1.29 is 13.2 Å². The fourth-order valence-electron chi connectivity index (χ4n) is 4.32. The molecule has 4 rings (SSSR count). The van der Waals surface area contributed by atoms with Gasteiger partial charge in [-0.05, 0) is 28.8 Å². The van der Waals surface area contributed by atoms with Crippen LogP contribution in [-0.2, 0) is 21.4 Å². The van der Waals surface area contributed by atoms with Crippen molar-refractivity contribution in [1.29, 1.82) is 0 Å². The quantitative estimate of drug-likeness (QED) is 0.518. The van der Waals surface area contributed by atoms with Crippen LogP contribution in [0.4, 0.5) is 0 Å². The molecule has 34 heavy (non-hydrogen) atoms. The average Bonchev–Trinajstić information content (AvgIpc) is 2.85. The van der Waals surface area contributed by atoms with Crippen LogP contribution in [0, 0.1) is 0 Å². The monoisotopic (exact) mass is 478 g/mol. The minimum Gasteiger partial charge on any atom is -0.351 e. The maximum atomic E-state index is 12.5. The first-order valence-corrected chi connectivity index (χ1v) is 12.9. The summed E-state index contributed by atoms with van der Waals surface area (Å²) in [4.78, 5) is 17.2. The van der Waals surface area contributed by atoms with E-state index in [9.17, 15) is 13.2 Å². The first-order valence-electron chi connectivity index (χ1n) is 11.3. The van der Waals surface area contributed by atoms with E-state index < -0.39 is 10.0 Å². The van der Waals surface area contributed by atoms with Gasteiger partial charge in [0.1, 0.15) is 0 Å². The van der Waals surface area contributed by atoms with Gasteiger partial charge in [0.2, 0.25) is 15.9 Å². The van der Waals surface area contributed by atoms with Crippen LogP contribution in [0.15, 0.2) is 89.8 Å². The van der Waals surface area contributed by atoms with Crippen LogP contribution in [-0.4, -0.2) is 56.8 Å². The Morgan fingerprint density at radius 1 is 0.824 bits per heavy atom. The number of hydrogen-bond acceptors (Lipinski definition) is 5. The number of nitrogens with zero attached hydrogens (tertiary/aromatic N) is 2. The molecule has 1 aliphatic rings. The van der Waals surface area contributed by atoms with Crippen LogP contribution in [0.2, 0.25) is 0 Å². The highest BCUT2D eigenvalue weighted by atomic mass is 32.2. The van der Waals surface area contributed by atoms with Crippen molar-refractivity contribution in [3.8, 4) is 0 Å². The SMILES string of the molecule is NS(=O)(=O)c1ccc(CNC(=O)CN2CCN(C(c3ccccc3)c3ccccc3)CC2)cc1. The minimum atomic E-state index is -3.71. The van der Waals surface area contributed by atoms with Gasteiger partial charge < -0.3 is 5.32 Å². The van der Waals surface area contributed by atoms with E-state index in [-0.39, 0.29) is 16.8 Å². The van der Waals surface area contributed by atoms with Crippen molar-refractivity contribution in [2.75, 3.05) is 32.7 Å². The lowest BCUT2D eigenvalue weighted by Crippen LogP contribution is -2.50. The van der Waals surface area contributed by atoms with Crippen molar-refractivity contribution in [2.24, 2.45) is 5.14 Å². The number of nitrogens with one attached hydrogen (secondary N) is 1. The molecule has 3 aromatic carbocycles. The van der Waals surface area contributed by atoms with E-state index >= 15 is 0 Å². The predicted molar refractivity (Wildman–Crippen MR) is 132 cm³/mol. The number of amides is 1. The summed E-state index contributed by atoms with van der Waals surface area (Å²) < 4.78 is 22.7. The summed E-state index contributed by atoms with van der Waals surface area (Å²) in [6.45, 7) is 4.05. The number of benzene rings is 3. The van der Waals surface area contributed by atoms with Crippen LogP contribution < -0.4 is 10.5 Å². The second-order valence-corrected chi connectivity index (χ2v) is 10.1. The number of sulfonamides is 1. The largest absolute Gasteiger partial charge is 0.351 e. The second-order valence-electron chi connectivity index (χ2n) is 8.50. The molecule has 0 atom stereocenters. The Hall–Kier alpha value is -3.04. The van der Waals surface area contributed by atoms with Crippen LogP contribution in [0.1, 0.15) is 22.7 Å². The Kier molecular flexibility index (Phi) is 7.74. The molecule has 3 N–H and O–H groups in total. The topological polar surface area (TPSA) is 95.7 Å². The zero-order valence-electron chi connectivity index (χ0n) is 19.0. The third-order valence-electron chi connectivity index (χ3n) is 6.11. The lowest BCUT2D eigenvalue weighted by atomic mass is 9.96. The fraction of sp³-hybridized carbons (Fsp3) is 0.269. The van der Waals surface area contributed by atoms with Gasteiger partial charge in [-0.2, -0.15) is 0 Å². The number of piperazine rings is 1. The minimum absolute atomic E-state index is 0.0494. The lowest BCUT2D eigenvalue weighted by Gasteiger charge is -2.39. The molecule has 3 aromatic rings. The van der Waals surface area contributed by atoms with Gasteiger partial charge in [-0.25, -0.2) is 13.6 Å².